The van der Waals surface area contributed by atoms with E-state index in [1.165, 1.54) is 31.1 Å². The SMILES string of the molecule is CC(C)c1cc(F)cc(C(C)C)c1NC(=O)NS(=O)(=O)c1cc(C(=O)N(C)C)cnn1. The summed E-state index contributed by atoms with van der Waals surface area (Å²) in [7, 11) is -1.41. The van der Waals surface area contributed by atoms with Gasteiger partial charge in [-0.1, -0.05) is 27.7 Å². The molecule has 0 aliphatic carbocycles. The molecule has 0 saturated heterocycles. The van der Waals surface area contributed by atoms with E-state index >= 15 is 0 Å². The van der Waals surface area contributed by atoms with Gasteiger partial charge in [-0.15, -0.1) is 5.10 Å². The van der Waals surface area contributed by atoms with Crippen molar-refractivity contribution in [3.63, 3.8) is 0 Å². The molecule has 0 atom stereocenters. The van der Waals surface area contributed by atoms with E-state index in [4.69, 9.17) is 0 Å². The summed E-state index contributed by atoms with van der Waals surface area (Å²) in [6, 6.07) is 2.61. The lowest BCUT2D eigenvalue weighted by molar-refractivity contribution is 0.0826. The Morgan fingerprint density at radius 1 is 1.03 bits per heavy atom. The molecular weight excluding hydrogens is 425 g/mol. The molecule has 31 heavy (non-hydrogen) atoms. The van der Waals surface area contributed by atoms with E-state index in [-0.39, 0.29) is 17.4 Å². The number of anilines is 1. The Hall–Kier alpha value is -3.08. The van der Waals surface area contributed by atoms with Gasteiger partial charge in [0.05, 0.1) is 11.8 Å². The molecule has 1 aromatic heterocycles. The smallest absolute Gasteiger partial charge is 0.333 e. The first-order valence-electron chi connectivity index (χ1n) is 9.55. The Morgan fingerprint density at radius 3 is 2.06 bits per heavy atom. The monoisotopic (exact) mass is 451 g/mol. The fourth-order valence-corrected chi connectivity index (χ4v) is 3.71. The highest BCUT2D eigenvalue weighted by molar-refractivity contribution is 7.90. The van der Waals surface area contributed by atoms with Gasteiger partial charge in [0.25, 0.3) is 15.9 Å². The van der Waals surface area contributed by atoms with Crippen LogP contribution in [0, 0.1) is 5.82 Å². The fourth-order valence-electron chi connectivity index (χ4n) is 2.87. The van der Waals surface area contributed by atoms with E-state index in [1.54, 1.807) is 0 Å². The molecule has 0 spiro atoms. The van der Waals surface area contributed by atoms with Gasteiger partial charge in [-0.05, 0) is 41.2 Å². The number of hydrogen-bond acceptors (Lipinski definition) is 6. The Morgan fingerprint density at radius 2 is 1.58 bits per heavy atom. The first kappa shape index (κ1) is 24.2. The third kappa shape index (κ3) is 5.75. The van der Waals surface area contributed by atoms with Gasteiger partial charge in [0.1, 0.15) is 5.82 Å². The molecule has 2 rings (SSSR count). The third-order valence-corrected chi connectivity index (χ3v) is 5.64. The van der Waals surface area contributed by atoms with E-state index in [9.17, 15) is 22.4 Å². The molecule has 168 valence electrons. The number of aromatic nitrogens is 2. The number of carbonyl (C=O) groups is 2. The number of urea groups is 1. The number of nitrogens with zero attached hydrogens (tertiary/aromatic N) is 3. The van der Waals surface area contributed by atoms with Crippen LogP contribution in [0.25, 0.3) is 0 Å². The number of hydrogen-bond donors (Lipinski definition) is 2. The number of rotatable bonds is 6. The van der Waals surface area contributed by atoms with Crippen LogP contribution < -0.4 is 10.0 Å². The minimum atomic E-state index is -4.42. The summed E-state index contributed by atoms with van der Waals surface area (Å²) in [5, 5.41) is 9.01. The van der Waals surface area contributed by atoms with Crippen molar-refractivity contribution in [2.24, 2.45) is 0 Å². The summed E-state index contributed by atoms with van der Waals surface area (Å²) in [6.07, 6.45) is 1.13. The largest absolute Gasteiger partial charge is 0.345 e. The van der Waals surface area contributed by atoms with E-state index in [0.717, 1.165) is 12.3 Å². The van der Waals surface area contributed by atoms with Gasteiger partial charge in [0.15, 0.2) is 5.03 Å². The molecule has 0 aliphatic heterocycles. The average Bonchev–Trinajstić information content (AvgIpc) is 2.67. The fraction of sp³-hybridized carbons (Fsp3) is 0.400. The van der Waals surface area contributed by atoms with Gasteiger partial charge in [0, 0.05) is 19.8 Å². The van der Waals surface area contributed by atoms with Gasteiger partial charge in [-0.3, -0.25) is 4.79 Å². The number of benzene rings is 1. The van der Waals surface area contributed by atoms with Gasteiger partial charge in [-0.2, -0.15) is 13.5 Å². The van der Waals surface area contributed by atoms with Crippen LogP contribution >= 0.6 is 0 Å². The van der Waals surface area contributed by atoms with E-state index in [1.807, 2.05) is 32.4 Å². The summed E-state index contributed by atoms with van der Waals surface area (Å²) in [5.74, 6) is -1.16. The summed E-state index contributed by atoms with van der Waals surface area (Å²) >= 11 is 0. The second-order valence-electron chi connectivity index (χ2n) is 7.81. The molecule has 2 aromatic rings. The molecule has 3 amide bonds. The predicted octanol–water partition coefficient (Wildman–Crippen LogP) is 3.07. The highest BCUT2D eigenvalue weighted by Crippen LogP contribution is 2.33. The third-order valence-electron chi connectivity index (χ3n) is 4.43. The van der Waals surface area contributed by atoms with E-state index in [0.29, 0.717) is 16.8 Å². The maximum Gasteiger partial charge on any atom is 0.333 e. The molecule has 0 saturated carbocycles. The highest BCUT2D eigenvalue weighted by atomic mass is 32.2. The van der Waals surface area contributed by atoms with Crippen LogP contribution in [0.1, 0.15) is 61.0 Å². The Labute approximate surface area is 181 Å². The number of nitrogens with one attached hydrogen (secondary N) is 2. The zero-order valence-electron chi connectivity index (χ0n) is 18.2. The lowest BCUT2D eigenvalue weighted by Crippen LogP contribution is -2.35. The van der Waals surface area contributed by atoms with Crippen LogP contribution in [0.2, 0.25) is 0 Å². The van der Waals surface area contributed by atoms with Crippen molar-refractivity contribution in [1.29, 1.82) is 0 Å². The van der Waals surface area contributed by atoms with Gasteiger partial charge < -0.3 is 10.2 Å². The summed E-state index contributed by atoms with van der Waals surface area (Å²) in [5.41, 5.74) is 1.43. The molecule has 0 radical (unpaired) electrons. The first-order valence-corrected chi connectivity index (χ1v) is 11.0. The van der Waals surface area contributed by atoms with Crippen LogP contribution in [-0.2, 0) is 10.0 Å². The van der Waals surface area contributed by atoms with E-state index < -0.39 is 32.8 Å². The molecule has 1 aromatic carbocycles. The number of amides is 3. The molecule has 9 nitrogen and oxygen atoms in total. The standard InChI is InChI=1S/C20H26FN5O4S/c1-11(2)15-8-14(21)9-16(12(3)4)18(15)23-20(28)25-31(29,30)17-7-13(10-22-24-17)19(27)26(5)6/h7-12H,1-6H3,(H2,23,25,28). The first-order chi connectivity index (χ1) is 14.3. The summed E-state index contributed by atoms with van der Waals surface area (Å²) in [4.78, 5) is 25.8. The summed E-state index contributed by atoms with van der Waals surface area (Å²) in [6.45, 7) is 7.34. The summed E-state index contributed by atoms with van der Waals surface area (Å²) < 4.78 is 41.1. The van der Waals surface area contributed by atoms with Crippen molar-refractivity contribution in [1.82, 2.24) is 19.8 Å². The number of carbonyl (C=O) groups excluding carboxylic acids is 2. The van der Waals surface area contributed by atoms with Crippen molar-refractivity contribution < 1.29 is 22.4 Å². The highest BCUT2D eigenvalue weighted by Gasteiger charge is 2.24. The molecule has 1 heterocycles. The predicted molar refractivity (Wildman–Crippen MR) is 114 cm³/mol. The van der Waals surface area contributed by atoms with Gasteiger partial charge >= 0.3 is 6.03 Å². The minimum absolute atomic E-state index is 0.00325. The number of halogens is 1. The van der Waals surface area contributed by atoms with Crippen LogP contribution in [0.3, 0.4) is 0 Å². The van der Waals surface area contributed by atoms with Crippen molar-refractivity contribution in [3.05, 3.63) is 46.9 Å². The van der Waals surface area contributed by atoms with Crippen molar-refractivity contribution in [2.45, 2.75) is 44.6 Å². The Bertz CT molecular complexity index is 1070. The Balaban J connectivity index is 2.35. The van der Waals surface area contributed by atoms with Gasteiger partial charge in [0.2, 0.25) is 0 Å². The average molecular weight is 452 g/mol. The molecular formula is C20H26FN5O4S. The van der Waals surface area contributed by atoms with Crippen LogP contribution in [-0.4, -0.2) is 49.5 Å². The van der Waals surface area contributed by atoms with Crippen LogP contribution in [0.4, 0.5) is 14.9 Å². The van der Waals surface area contributed by atoms with Crippen molar-refractivity contribution >= 4 is 27.6 Å². The molecule has 0 fully saturated rings. The molecule has 2 N–H and O–H groups in total. The van der Waals surface area contributed by atoms with Crippen LogP contribution in [0.5, 0.6) is 0 Å². The second kappa shape index (κ2) is 9.38. The molecule has 11 heteroatoms. The van der Waals surface area contributed by atoms with Gasteiger partial charge in [-0.25, -0.2) is 13.9 Å². The second-order valence-corrected chi connectivity index (χ2v) is 9.44. The molecule has 0 aliphatic rings. The normalized spacial score (nSPS) is 11.5. The lowest BCUT2D eigenvalue weighted by atomic mass is 9.92. The molecule has 0 bridgehead atoms. The maximum absolute atomic E-state index is 14.0. The Kier molecular flexibility index (Phi) is 7.32. The maximum atomic E-state index is 14.0. The zero-order chi connectivity index (χ0) is 23.5. The van der Waals surface area contributed by atoms with Crippen molar-refractivity contribution in [3.8, 4) is 0 Å². The van der Waals surface area contributed by atoms with Crippen molar-refractivity contribution in [2.75, 3.05) is 19.4 Å². The molecule has 0 unspecified atom stereocenters. The minimum Gasteiger partial charge on any atom is -0.345 e. The van der Waals surface area contributed by atoms with E-state index in [2.05, 4.69) is 15.5 Å². The zero-order valence-corrected chi connectivity index (χ0v) is 19.0. The van der Waals surface area contributed by atoms with Crippen LogP contribution in [0.15, 0.2) is 29.4 Å². The topological polar surface area (TPSA) is 121 Å². The quantitative estimate of drug-likeness (QED) is 0.696. The number of sulfonamides is 1. The lowest BCUT2D eigenvalue weighted by Gasteiger charge is -2.20.